The van der Waals surface area contributed by atoms with Gasteiger partial charge in [-0.25, -0.2) is 8.42 Å². The van der Waals surface area contributed by atoms with E-state index in [4.69, 9.17) is 16.6 Å². The minimum absolute atomic E-state index is 0.123. The van der Waals surface area contributed by atoms with Crippen LogP contribution in [0.1, 0.15) is 11.1 Å². The van der Waals surface area contributed by atoms with Crippen molar-refractivity contribution < 1.29 is 8.42 Å². The molecule has 1 fully saturated rings. The van der Waals surface area contributed by atoms with Crippen LogP contribution in [0.25, 0.3) is 0 Å². The first-order valence-electron chi connectivity index (χ1n) is 8.43. The van der Waals surface area contributed by atoms with Gasteiger partial charge < -0.3 is 4.90 Å². The summed E-state index contributed by atoms with van der Waals surface area (Å²) in [7, 11) is -3.03. The number of aliphatic imine (C=N–C) groups is 1. The second-order valence-corrected chi connectivity index (χ2v) is 10.3. The van der Waals surface area contributed by atoms with Crippen LogP contribution in [-0.4, -0.2) is 37.2 Å². The highest BCUT2D eigenvalue weighted by atomic mass is 35.5. The number of hydrogen-bond acceptors (Lipinski definition) is 5. The third kappa shape index (κ3) is 3.63. The van der Waals surface area contributed by atoms with Crippen molar-refractivity contribution in [1.29, 1.82) is 0 Å². The normalized spacial score (nSPS) is 23.8. The molecule has 0 bridgehead atoms. The molecule has 0 amide bonds. The molecule has 2 atom stereocenters. The molecule has 2 aromatic rings. The lowest BCUT2D eigenvalue weighted by Crippen LogP contribution is -2.39. The minimum Gasteiger partial charge on any atom is -0.315 e. The molecule has 7 heteroatoms. The summed E-state index contributed by atoms with van der Waals surface area (Å²) in [6.45, 7) is 2.07. The predicted molar refractivity (Wildman–Crippen MR) is 110 cm³/mol. The van der Waals surface area contributed by atoms with Crippen molar-refractivity contribution in [3.8, 4) is 0 Å². The van der Waals surface area contributed by atoms with Crippen molar-refractivity contribution in [3.63, 3.8) is 0 Å². The summed E-state index contributed by atoms with van der Waals surface area (Å²) in [6, 6.07) is 15.7. The number of halogens is 1. The number of benzene rings is 2. The molecule has 2 aliphatic heterocycles. The Morgan fingerprint density at radius 1 is 1.12 bits per heavy atom. The predicted octanol–water partition coefficient (Wildman–Crippen LogP) is 3.92. The van der Waals surface area contributed by atoms with Crippen molar-refractivity contribution >= 4 is 44.1 Å². The molecular formula is C19H19ClN2O2S2. The Bertz CT molecular complexity index is 941. The van der Waals surface area contributed by atoms with Crippen LogP contribution < -0.4 is 4.90 Å². The summed E-state index contributed by atoms with van der Waals surface area (Å²) in [4.78, 5) is 6.83. The average Bonchev–Trinajstić information content (AvgIpc) is 3.06. The molecule has 4 rings (SSSR count). The van der Waals surface area contributed by atoms with Crippen LogP contribution >= 0.6 is 23.4 Å². The van der Waals surface area contributed by atoms with E-state index in [1.54, 1.807) is 11.8 Å². The molecule has 1 saturated heterocycles. The number of rotatable bonds is 3. The van der Waals surface area contributed by atoms with Crippen LogP contribution in [0, 0.1) is 6.92 Å². The molecule has 0 saturated carbocycles. The third-order valence-corrected chi connectivity index (χ3v) is 7.69. The lowest BCUT2D eigenvalue weighted by Gasteiger charge is -2.26. The maximum atomic E-state index is 12.1. The number of sulfone groups is 1. The van der Waals surface area contributed by atoms with E-state index in [-0.39, 0.29) is 23.6 Å². The maximum Gasteiger partial charge on any atom is 0.164 e. The fourth-order valence-electron chi connectivity index (χ4n) is 3.37. The van der Waals surface area contributed by atoms with Crippen molar-refractivity contribution in [1.82, 2.24) is 0 Å². The number of anilines is 1. The number of nitrogens with zero attached hydrogens (tertiary/aromatic N) is 2. The zero-order valence-electron chi connectivity index (χ0n) is 14.3. The molecule has 0 radical (unpaired) electrons. The van der Waals surface area contributed by atoms with Gasteiger partial charge in [0.15, 0.2) is 15.0 Å². The van der Waals surface area contributed by atoms with Gasteiger partial charge in [0.1, 0.15) is 0 Å². The standard InChI is InChI=1S/C19H19ClN2O2S2/c1-13-2-4-14(5-3-13)10-25-19-21-17-11-26(23,24)12-18(17)22(19)16-8-6-15(20)7-9-16/h2-9,17-18H,10-12H2,1H3. The molecule has 0 aliphatic carbocycles. The van der Waals surface area contributed by atoms with Gasteiger partial charge in [0.05, 0.1) is 23.6 Å². The Kier molecular flexibility index (Phi) is 4.75. The summed E-state index contributed by atoms with van der Waals surface area (Å²) in [5.74, 6) is 1.09. The van der Waals surface area contributed by atoms with E-state index in [0.717, 1.165) is 16.6 Å². The molecule has 2 unspecified atom stereocenters. The van der Waals surface area contributed by atoms with Gasteiger partial charge >= 0.3 is 0 Å². The van der Waals surface area contributed by atoms with Gasteiger partial charge in [-0.1, -0.05) is 53.2 Å². The lowest BCUT2D eigenvalue weighted by atomic mass is 10.1. The number of hydrogen-bond donors (Lipinski definition) is 0. The van der Waals surface area contributed by atoms with Crippen molar-refractivity contribution in [2.24, 2.45) is 4.99 Å². The van der Waals surface area contributed by atoms with Gasteiger partial charge in [0.25, 0.3) is 0 Å². The minimum atomic E-state index is -3.03. The molecule has 26 heavy (non-hydrogen) atoms. The average molecular weight is 407 g/mol. The summed E-state index contributed by atoms with van der Waals surface area (Å²) in [5, 5.41) is 1.55. The summed E-state index contributed by atoms with van der Waals surface area (Å²) in [5.41, 5.74) is 3.40. The number of thioether (sulfide) groups is 1. The maximum absolute atomic E-state index is 12.1. The Balaban J connectivity index is 1.60. The molecule has 2 aromatic carbocycles. The van der Waals surface area contributed by atoms with Gasteiger partial charge in [-0.2, -0.15) is 0 Å². The van der Waals surface area contributed by atoms with E-state index in [9.17, 15) is 8.42 Å². The second kappa shape index (κ2) is 6.91. The molecule has 4 nitrogen and oxygen atoms in total. The van der Waals surface area contributed by atoms with E-state index < -0.39 is 9.84 Å². The molecule has 2 aliphatic rings. The molecule has 0 spiro atoms. The highest BCUT2D eigenvalue weighted by Crippen LogP contribution is 2.36. The molecule has 0 aromatic heterocycles. The zero-order valence-corrected chi connectivity index (χ0v) is 16.7. The van der Waals surface area contributed by atoms with Crippen LogP contribution in [0.15, 0.2) is 53.5 Å². The first-order chi connectivity index (χ1) is 12.4. The fraction of sp³-hybridized carbons (Fsp3) is 0.316. The lowest BCUT2D eigenvalue weighted by molar-refractivity contribution is 0.601. The highest BCUT2D eigenvalue weighted by molar-refractivity contribution is 8.13. The molecular weight excluding hydrogens is 388 g/mol. The van der Waals surface area contributed by atoms with Gasteiger partial charge in [-0.05, 0) is 36.8 Å². The Morgan fingerprint density at radius 2 is 1.81 bits per heavy atom. The first kappa shape index (κ1) is 17.9. The largest absolute Gasteiger partial charge is 0.315 e. The summed E-state index contributed by atoms with van der Waals surface area (Å²) < 4.78 is 24.1. The van der Waals surface area contributed by atoms with E-state index >= 15 is 0 Å². The SMILES string of the molecule is Cc1ccc(CSC2=NC3CS(=O)(=O)CC3N2c2ccc(Cl)cc2)cc1. The topological polar surface area (TPSA) is 49.7 Å². The number of fused-ring (bicyclic) bond motifs is 1. The van der Waals surface area contributed by atoms with Gasteiger partial charge in [-0.15, -0.1) is 0 Å². The van der Waals surface area contributed by atoms with E-state index in [1.807, 2.05) is 24.3 Å². The fourth-order valence-corrected chi connectivity index (χ4v) is 6.42. The Morgan fingerprint density at radius 3 is 2.50 bits per heavy atom. The van der Waals surface area contributed by atoms with Crippen molar-refractivity contribution in [3.05, 3.63) is 64.7 Å². The monoisotopic (exact) mass is 406 g/mol. The summed E-state index contributed by atoms with van der Waals surface area (Å²) >= 11 is 7.67. The van der Waals surface area contributed by atoms with Crippen LogP contribution in [0.3, 0.4) is 0 Å². The Labute approximate surface area is 163 Å². The van der Waals surface area contributed by atoms with Crippen molar-refractivity contribution in [2.45, 2.75) is 24.8 Å². The third-order valence-electron chi connectivity index (χ3n) is 4.70. The van der Waals surface area contributed by atoms with Crippen LogP contribution in [0.4, 0.5) is 5.69 Å². The van der Waals surface area contributed by atoms with Crippen LogP contribution in [-0.2, 0) is 15.6 Å². The first-order valence-corrected chi connectivity index (χ1v) is 11.6. The quantitative estimate of drug-likeness (QED) is 0.775. The van der Waals surface area contributed by atoms with Gasteiger partial charge in [0.2, 0.25) is 0 Å². The van der Waals surface area contributed by atoms with Crippen molar-refractivity contribution in [2.75, 3.05) is 16.4 Å². The molecule has 0 N–H and O–H groups in total. The van der Waals surface area contributed by atoms with E-state index in [2.05, 4.69) is 36.1 Å². The Hall–Kier alpha value is -1.50. The van der Waals surface area contributed by atoms with E-state index in [0.29, 0.717) is 5.02 Å². The molecule has 2 heterocycles. The van der Waals surface area contributed by atoms with Crippen LogP contribution in [0.2, 0.25) is 5.02 Å². The van der Waals surface area contributed by atoms with E-state index in [1.165, 1.54) is 11.1 Å². The number of aryl methyl sites for hydroxylation is 1. The number of amidine groups is 1. The van der Waals surface area contributed by atoms with Gasteiger partial charge in [-0.3, -0.25) is 4.99 Å². The zero-order chi connectivity index (χ0) is 18.3. The van der Waals surface area contributed by atoms with Gasteiger partial charge in [0, 0.05) is 16.5 Å². The highest BCUT2D eigenvalue weighted by Gasteiger charge is 2.47. The molecule has 136 valence electrons. The summed E-state index contributed by atoms with van der Waals surface area (Å²) in [6.07, 6.45) is 0. The second-order valence-electron chi connectivity index (χ2n) is 6.74. The van der Waals surface area contributed by atoms with Crippen LogP contribution in [0.5, 0.6) is 0 Å². The smallest absolute Gasteiger partial charge is 0.164 e.